The van der Waals surface area contributed by atoms with Gasteiger partial charge >= 0.3 is 0 Å². The number of likely N-dealkylation sites (N-methyl/N-ethyl adjacent to an activating group) is 1. The normalized spacial score (nSPS) is 19.6. The Morgan fingerprint density at radius 2 is 2.04 bits per heavy atom. The van der Waals surface area contributed by atoms with E-state index >= 15 is 0 Å². The molecule has 1 N–H and O–H groups in total. The fraction of sp³-hybridized carbons (Fsp3) is 0.316. The molecule has 0 aliphatic carbocycles. The second-order valence-electron chi connectivity index (χ2n) is 6.27. The Kier molecular flexibility index (Phi) is 4.29. The molecule has 2 aliphatic heterocycles. The number of fused-ring (bicyclic) bond motifs is 1. The fourth-order valence-electron chi connectivity index (χ4n) is 3.04. The van der Waals surface area contributed by atoms with Crippen LogP contribution in [-0.4, -0.2) is 44.3 Å². The molecule has 0 saturated carbocycles. The van der Waals surface area contributed by atoms with Gasteiger partial charge in [0, 0.05) is 24.3 Å². The molecule has 1 amide bonds. The Labute approximate surface area is 146 Å². The summed E-state index contributed by atoms with van der Waals surface area (Å²) in [5.74, 6) is 1.08. The molecule has 0 bridgehead atoms. The number of hydrogen-bond acceptors (Lipinski definition) is 5. The van der Waals surface area contributed by atoms with Crippen molar-refractivity contribution in [3.63, 3.8) is 0 Å². The molecule has 1 saturated heterocycles. The third kappa shape index (κ3) is 3.45. The summed E-state index contributed by atoms with van der Waals surface area (Å²) >= 11 is 0. The van der Waals surface area contributed by atoms with Crippen LogP contribution < -0.4 is 14.8 Å². The van der Waals surface area contributed by atoms with Crippen LogP contribution in [0.1, 0.15) is 22.0 Å². The molecule has 6 heteroatoms. The maximum atomic E-state index is 12.5. The highest BCUT2D eigenvalue weighted by atomic mass is 16.7. The average molecular weight is 340 g/mol. The molecule has 6 nitrogen and oxygen atoms in total. The lowest BCUT2D eigenvalue weighted by molar-refractivity contribution is -0.0208. The van der Waals surface area contributed by atoms with Crippen molar-refractivity contribution in [2.24, 2.45) is 0 Å². The van der Waals surface area contributed by atoms with Crippen LogP contribution in [0.15, 0.2) is 42.5 Å². The van der Waals surface area contributed by atoms with Crippen LogP contribution >= 0.6 is 0 Å². The van der Waals surface area contributed by atoms with Gasteiger partial charge in [0.25, 0.3) is 5.91 Å². The second kappa shape index (κ2) is 6.74. The van der Waals surface area contributed by atoms with Crippen LogP contribution in [0, 0.1) is 0 Å². The van der Waals surface area contributed by atoms with Crippen LogP contribution in [0.2, 0.25) is 0 Å². The summed E-state index contributed by atoms with van der Waals surface area (Å²) in [5, 5.41) is 2.94. The molecular weight excluding hydrogens is 320 g/mol. The number of nitrogens with one attached hydrogen (secondary N) is 1. The van der Waals surface area contributed by atoms with Crippen molar-refractivity contribution in [3.05, 3.63) is 53.6 Å². The summed E-state index contributed by atoms with van der Waals surface area (Å²) in [5.41, 5.74) is 2.34. The number of anilines is 1. The molecule has 2 aromatic carbocycles. The minimum atomic E-state index is -0.183. The van der Waals surface area contributed by atoms with Crippen LogP contribution in [0.5, 0.6) is 11.5 Å². The van der Waals surface area contributed by atoms with Crippen molar-refractivity contribution >= 4 is 11.6 Å². The molecule has 1 atom stereocenters. The number of nitrogens with zero attached hydrogens (tertiary/aromatic N) is 1. The Balaban J connectivity index is 1.49. The highest BCUT2D eigenvalue weighted by Crippen LogP contribution is 2.32. The minimum Gasteiger partial charge on any atom is -0.454 e. The van der Waals surface area contributed by atoms with Crippen LogP contribution in [0.4, 0.5) is 5.69 Å². The summed E-state index contributed by atoms with van der Waals surface area (Å²) in [4.78, 5) is 14.7. The zero-order valence-electron chi connectivity index (χ0n) is 14.0. The number of hydrogen-bond donors (Lipinski definition) is 1. The van der Waals surface area contributed by atoms with Crippen molar-refractivity contribution < 1.29 is 19.0 Å². The zero-order valence-corrected chi connectivity index (χ0v) is 14.0. The van der Waals surface area contributed by atoms with Gasteiger partial charge in [0.15, 0.2) is 11.5 Å². The van der Waals surface area contributed by atoms with Gasteiger partial charge in [-0.3, -0.25) is 4.79 Å². The van der Waals surface area contributed by atoms with Crippen molar-refractivity contribution in [2.75, 3.05) is 38.9 Å². The van der Waals surface area contributed by atoms with E-state index in [-0.39, 0.29) is 18.8 Å². The predicted molar refractivity (Wildman–Crippen MR) is 93.2 cm³/mol. The number of benzene rings is 2. The van der Waals surface area contributed by atoms with E-state index in [1.807, 2.05) is 24.3 Å². The number of rotatable bonds is 3. The summed E-state index contributed by atoms with van der Waals surface area (Å²) in [6, 6.07) is 13.0. The van der Waals surface area contributed by atoms with Gasteiger partial charge in [-0.15, -0.1) is 0 Å². The molecule has 1 unspecified atom stereocenters. The molecule has 1 fully saturated rings. The van der Waals surface area contributed by atoms with Crippen molar-refractivity contribution in [1.29, 1.82) is 0 Å². The predicted octanol–water partition coefficient (Wildman–Crippen LogP) is 2.67. The highest BCUT2D eigenvalue weighted by Gasteiger charge is 2.20. The van der Waals surface area contributed by atoms with Crippen molar-refractivity contribution in [2.45, 2.75) is 6.10 Å². The van der Waals surface area contributed by atoms with E-state index in [0.29, 0.717) is 17.1 Å². The Hall–Kier alpha value is -2.57. The van der Waals surface area contributed by atoms with E-state index in [0.717, 1.165) is 30.9 Å². The topological polar surface area (TPSA) is 60.0 Å². The first-order valence-electron chi connectivity index (χ1n) is 8.30. The van der Waals surface area contributed by atoms with Crippen molar-refractivity contribution in [1.82, 2.24) is 4.90 Å². The van der Waals surface area contributed by atoms with Crippen LogP contribution in [0.3, 0.4) is 0 Å². The molecule has 130 valence electrons. The maximum Gasteiger partial charge on any atom is 0.255 e. The monoisotopic (exact) mass is 340 g/mol. The number of ether oxygens (including phenoxy) is 3. The van der Waals surface area contributed by atoms with Crippen LogP contribution in [0.25, 0.3) is 0 Å². The number of morpholine rings is 1. The zero-order chi connectivity index (χ0) is 17.2. The molecule has 0 spiro atoms. The van der Waals surface area contributed by atoms with Gasteiger partial charge < -0.3 is 24.4 Å². The number of amides is 1. The largest absolute Gasteiger partial charge is 0.454 e. The van der Waals surface area contributed by atoms with E-state index in [2.05, 4.69) is 17.3 Å². The lowest BCUT2D eigenvalue weighted by atomic mass is 10.1. The lowest BCUT2D eigenvalue weighted by Gasteiger charge is -2.30. The van der Waals surface area contributed by atoms with Gasteiger partial charge in [-0.05, 0) is 42.9 Å². The average Bonchev–Trinajstić information content (AvgIpc) is 3.09. The van der Waals surface area contributed by atoms with Gasteiger partial charge in [-0.2, -0.15) is 0 Å². The molecule has 25 heavy (non-hydrogen) atoms. The lowest BCUT2D eigenvalue weighted by Crippen LogP contribution is -2.35. The molecule has 2 aliphatic rings. The van der Waals surface area contributed by atoms with E-state index in [4.69, 9.17) is 14.2 Å². The summed E-state index contributed by atoms with van der Waals surface area (Å²) < 4.78 is 16.4. The highest BCUT2D eigenvalue weighted by molar-refractivity contribution is 6.04. The summed E-state index contributed by atoms with van der Waals surface area (Å²) in [6.07, 6.45) is 0.0288. The molecule has 2 heterocycles. The maximum absolute atomic E-state index is 12.5. The third-order valence-electron chi connectivity index (χ3n) is 4.42. The Bertz CT molecular complexity index is 793. The van der Waals surface area contributed by atoms with Gasteiger partial charge in [-0.25, -0.2) is 0 Å². The van der Waals surface area contributed by atoms with Gasteiger partial charge in [0.2, 0.25) is 6.79 Å². The van der Waals surface area contributed by atoms with Gasteiger partial charge in [-0.1, -0.05) is 12.1 Å². The second-order valence-corrected chi connectivity index (χ2v) is 6.27. The molecule has 2 aromatic rings. The standard InChI is InChI=1S/C19H20N2O4/c1-21-7-8-23-18(11-21)13-3-2-4-15(9-13)20-19(22)14-5-6-16-17(10-14)25-12-24-16/h2-6,9-10,18H,7-8,11-12H2,1H3,(H,20,22). The van der Waals surface area contributed by atoms with Gasteiger partial charge in [0.05, 0.1) is 12.7 Å². The fourth-order valence-corrected chi connectivity index (χ4v) is 3.04. The number of carbonyl (C=O) groups excluding carboxylic acids is 1. The minimum absolute atomic E-state index is 0.0288. The smallest absolute Gasteiger partial charge is 0.255 e. The Morgan fingerprint density at radius 1 is 1.16 bits per heavy atom. The SMILES string of the molecule is CN1CCOC(c2cccc(NC(=O)c3ccc4c(c3)OCO4)c2)C1. The third-order valence-corrected chi connectivity index (χ3v) is 4.42. The number of carbonyl (C=O) groups is 1. The first-order chi connectivity index (χ1) is 12.2. The summed E-state index contributed by atoms with van der Waals surface area (Å²) in [6.45, 7) is 2.70. The molecule has 0 radical (unpaired) electrons. The molecule has 0 aromatic heterocycles. The Morgan fingerprint density at radius 3 is 2.92 bits per heavy atom. The quantitative estimate of drug-likeness (QED) is 0.931. The van der Waals surface area contributed by atoms with E-state index in [9.17, 15) is 4.79 Å². The first-order valence-corrected chi connectivity index (χ1v) is 8.30. The van der Waals surface area contributed by atoms with Crippen molar-refractivity contribution in [3.8, 4) is 11.5 Å². The molecular formula is C19H20N2O4. The van der Waals surface area contributed by atoms with E-state index in [1.54, 1.807) is 18.2 Å². The first kappa shape index (κ1) is 15.9. The van der Waals surface area contributed by atoms with Gasteiger partial charge in [0.1, 0.15) is 0 Å². The van der Waals surface area contributed by atoms with Crippen LogP contribution in [-0.2, 0) is 4.74 Å². The molecule has 4 rings (SSSR count). The van der Waals surface area contributed by atoms with E-state index < -0.39 is 0 Å². The summed E-state index contributed by atoms with van der Waals surface area (Å²) in [7, 11) is 2.08. The van der Waals surface area contributed by atoms with E-state index in [1.165, 1.54) is 0 Å².